The maximum atomic E-state index is 10.6. The molecule has 0 aliphatic carbocycles. The summed E-state index contributed by atoms with van der Waals surface area (Å²) in [6, 6.07) is 0. The van der Waals surface area contributed by atoms with Crippen LogP contribution in [0.15, 0.2) is 0 Å². The van der Waals surface area contributed by atoms with E-state index in [1.54, 1.807) is 9.25 Å². The molecule has 4 N–H and O–H groups in total. The lowest BCUT2D eigenvalue weighted by atomic mass is 10.2. The zero-order valence-corrected chi connectivity index (χ0v) is 11.1. The number of hydrogen-bond donors (Lipinski definition) is 2. The van der Waals surface area contributed by atoms with Crippen molar-refractivity contribution in [3.8, 4) is 0 Å². The summed E-state index contributed by atoms with van der Waals surface area (Å²) in [4.78, 5) is 14.9. The molecule has 0 aliphatic heterocycles. The second kappa shape index (κ2) is 5.17. The van der Waals surface area contributed by atoms with Crippen molar-refractivity contribution in [3.63, 3.8) is 0 Å². The van der Waals surface area contributed by atoms with Gasteiger partial charge in [0.05, 0.1) is 12.2 Å². The van der Waals surface area contributed by atoms with E-state index in [4.69, 9.17) is 16.2 Å². The number of aromatic nitrogens is 4. The number of aryl methyl sites for hydroxylation is 2. The summed E-state index contributed by atoms with van der Waals surface area (Å²) in [6.07, 6.45) is 1.04. The van der Waals surface area contributed by atoms with Gasteiger partial charge in [-0.3, -0.25) is 9.25 Å². The van der Waals surface area contributed by atoms with Gasteiger partial charge in [-0.15, -0.1) is 0 Å². The number of imidazole rings is 1. The number of nitrogens with zero attached hydrogens (tertiary/aromatic N) is 4. The fourth-order valence-corrected chi connectivity index (χ4v) is 2.12. The van der Waals surface area contributed by atoms with Gasteiger partial charge in [0.2, 0.25) is 5.95 Å². The van der Waals surface area contributed by atoms with Crippen LogP contribution in [0.4, 0.5) is 10.7 Å². The monoisotopic (exact) mass is 266 g/mol. The van der Waals surface area contributed by atoms with Crippen molar-refractivity contribution in [1.29, 1.82) is 0 Å². The van der Waals surface area contributed by atoms with Crippen LogP contribution in [-0.2, 0) is 24.8 Å². The van der Waals surface area contributed by atoms with Crippen molar-refractivity contribution in [1.82, 2.24) is 19.3 Å². The molecule has 2 rings (SSSR count). The highest BCUT2D eigenvalue weighted by atomic mass is 16.5. The van der Waals surface area contributed by atoms with E-state index >= 15 is 0 Å². The first-order valence-corrected chi connectivity index (χ1v) is 6.14. The minimum atomic E-state index is -0.799. The molecule has 2 heterocycles. The molecule has 19 heavy (non-hydrogen) atoms. The lowest BCUT2D eigenvalue weighted by Crippen LogP contribution is -2.18. The highest BCUT2D eigenvalue weighted by molar-refractivity contribution is 5.77. The zero-order valence-electron chi connectivity index (χ0n) is 11.1. The number of amides is 1. The van der Waals surface area contributed by atoms with E-state index in [1.165, 1.54) is 0 Å². The molecule has 8 nitrogen and oxygen atoms in total. The zero-order chi connectivity index (χ0) is 14.0. The van der Waals surface area contributed by atoms with Gasteiger partial charge in [-0.05, 0) is 6.42 Å². The Hall–Kier alpha value is -2.25. The van der Waals surface area contributed by atoms with Crippen molar-refractivity contribution < 1.29 is 9.53 Å². The third-order valence-electron chi connectivity index (χ3n) is 2.87. The molecule has 0 radical (unpaired) electrons. The number of nitrogen functional groups attached to an aromatic ring is 1. The molecule has 0 aromatic carbocycles. The van der Waals surface area contributed by atoms with E-state index in [1.807, 2.05) is 7.05 Å². The second-order valence-electron chi connectivity index (χ2n) is 4.28. The van der Waals surface area contributed by atoms with Crippen LogP contribution in [0.2, 0.25) is 0 Å². The molecule has 8 heteroatoms. The molecule has 0 atom stereocenters. The molecule has 0 unspecified atom stereocenters. The number of nitrogens with two attached hydrogens (primary N) is 2. The predicted octanol–water partition coefficient (Wildman–Crippen LogP) is 0.400. The molecule has 1 amide bonds. The lowest BCUT2D eigenvalue weighted by molar-refractivity contribution is 0.153. The maximum Gasteiger partial charge on any atom is 0.404 e. The Morgan fingerprint density at radius 3 is 2.84 bits per heavy atom. The Morgan fingerprint density at radius 2 is 2.21 bits per heavy atom. The summed E-state index contributed by atoms with van der Waals surface area (Å²) in [5, 5.41) is 4.43. The van der Waals surface area contributed by atoms with Crippen LogP contribution in [0.1, 0.15) is 19.0 Å². The molecular weight excluding hydrogens is 248 g/mol. The van der Waals surface area contributed by atoms with E-state index < -0.39 is 6.09 Å². The summed E-state index contributed by atoms with van der Waals surface area (Å²) in [7, 11) is 1.84. The van der Waals surface area contributed by atoms with Crippen molar-refractivity contribution in [2.24, 2.45) is 12.8 Å². The van der Waals surface area contributed by atoms with Crippen molar-refractivity contribution in [3.05, 3.63) is 5.69 Å². The summed E-state index contributed by atoms with van der Waals surface area (Å²) >= 11 is 0. The van der Waals surface area contributed by atoms with Gasteiger partial charge in [-0.2, -0.15) is 5.10 Å². The average Bonchev–Trinajstić information content (AvgIpc) is 2.79. The second-order valence-corrected chi connectivity index (χ2v) is 4.28. The van der Waals surface area contributed by atoms with Crippen LogP contribution in [0.3, 0.4) is 0 Å². The molecule has 0 fully saturated rings. The number of rotatable bonds is 5. The van der Waals surface area contributed by atoms with Gasteiger partial charge in [-0.25, -0.2) is 9.78 Å². The Balaban J connectivity index is 2.32. The first-order valence-electron chi connectivity index (χ1n) is 6.14. The summed E-state index contributed by atoms with van der Waals surface area (Å²) < 4.78 is 8.23. The highest BCUT2D eigenvalue weighted by Gasteiger charge is 2.17. The van der Waals surface area contributed by atoms with Gasteiger partial charge >= 0.3 is 6.09 Å². The Kier molecular flexibility index (Phi) is 3.59. The molecule has 104 valence electrons. The minimum Gasteiger partial charge on any atom is -0.448 e. The van der Waals surface area contributed by atoms with E-state index in [0.29, 0.717) is 12.5 Å². The minimum absolute atomic E-state index is 0.152. The number of anilines is 1. The fraction of sp³-hybridized carbons (Fsp3) is 0.545. The largest absolute Gasteiger partial charge is 0.448 e. The van der Waals surface area contributed by atoms with Crippen molar-refractivity contribution in [2.75, 3.05) is 12.3 Å². The van der Waals surface area contributed by atoms with Crippen LogP contribution in [0, 0.1) is 0 Å². The normalized spacial score (nSPS) is 11.1. The molecule has 2 aromatic heterocycles. The number of primary amides is 1. The van der Waals surface area contributed by atoms with Gasteiger partial charge in [0.25, 0.3) is 0 Å². The van der Waals surface area contributed by atoms with Gasteiger partial charge < -0.3 is 16.2 Å². The number of fused-ring (bicyclic) bond motifs is 1. The third-order valence-corrected chi connectivity index (χ3v) is 2.87. The average molecular weight is 266 g/mol. The first-order chi connectivity index (χ1) is 9.04. The van der Waals surface area contributed by atoms with Gasteiger partial charge in [0.1, 0.15) is 12.1 Å². The van der Waals surface area contributed by atoms with Crippen LogP contribution < -0.4 is 11.5 Å². The van der Waals surface area contributed by atoms with Gasteiger partial charge in [0.15, 0.2) is 5.65 Å². The molecule has 0 saturated carbocycles. The van der Waals surface area contributed by atoms with E-state index in [0.717, 1.165) is 29.7 Å². The molecule has 0 aliphatic rings. The molecular formula is C11H18N6O2. The van der Waals surface area contributed by atoms with E-state index in [-0.39, 0.29) is 6.61 Å². The Bertz CT molecular complexity index is 600. The molecule has 0 bridgehead atoms. The standard InChI is InChI=1S/C11H18N6O2/c1-3-4-7-8-9(16(2)15-7)17(10(12)14-8)5-6-19-11(13)18/h3-6H2,1-2H3,(H2,12,14)(H2,13,18). The SMILES string of the molecule is CCCc1nn(C)c2c1nc(N)n2CCOC(N)=O. The van der Waals surface area contributed by atoms with Crippen molar-refractivity contribution >= 4 is 23.2 Å². The topological polar surface area (TPSA) is 114 Å². The number of ether oxygens (including phenoxy) is 1. The van der Waals surface area contributed by atoms with Gasteiger partial charge in [-0.1, -0.05) is 13.3 Å². The smallest absolute Gasteiger partial charge is 0.404 e. The van der Waals surface area contributed by atoms with Gasteiger partial charge in [0, 0.05) is 7.05 Å². The Morgan fingerprint density at radius 1 is 1.47 bits per heavy atom. The third kappa shape index (κ3) is 2.47. The summed E-state index contributed by atoms with van der Waals surface area (Å²) in [5.74, 6) is 0.383. The van der Waals surface area contributed by atoms with E-state index in [2.05, 4.69) is 17.0 Å². The van der Waals surface area contributed by atoms with Crippen molar-refractivity contribution in [2.45, 2.75) is 26.3 Å². The van der Waals surface area contributed by atoms with Crippen LogP contribution in [0.5, 0.6) is 0 Å². The van der Waals surface area contributed by atoms with Crippen LogP contribution in [-0.4, -0.2) is 32.0 Å². The fourth-order valence-electron chi connectivity index (χ4n) is 2.12. The van der Waals surface area contributed by atoms with E-state index in [9.17, 15) is 4.79 Å². The highest BCUT2D eigenvalue weighted by Crippen LogP contribution is 2.21. The van der Waals surface area contributed by atoms with Crippen LogP contribution >= 0.6 is 0 Å². The molecule has 0 spiro atoms. The molecule has 2 aromatic rings. The summed E-state index contributed by atoms with van der Waals surface area (Å²) in [5.41, 5.74) is 13.4. The summed E-state index contributed by atoms with van der Waals surface area (Å²) in [6.45, 7) is 2.64. The first kappa shape index (κ1) is 13.2. The molecule has 0 saturated heterocycles. The van der Waals surface area contributed by atoms with Crippen LogP contribution in [0.25, 0.3) is 11.2 Å². The maximum absolute atomic E-state index is 10.6. The number of carbonyl (C=O) groups excluding carboxylic acids is 1. The predicted molar refractivity (Wildman–Crippen MR) is 70.4 cm³/mol. The lowest BCUT2D eigenvalue weighted by Gasteiger charge is -2.06. The Labute approximate surface area is 110 Å². The number of hydrogen-bond acceptors (Lipinski definition) is 5. The number of carbonyl (C=O) groups is 1. The quantitative estimate of drug-likeness (QED) is 0.813.